The molecule has 0 N–H and O–H groups in total. The summed E-state index contributed by atoms with van der Waals surface area (Å²) in [5.74, 6) is 1.60. The maximum atomic E-state index is 4.54. The largest absolute Gasteiger partial charge is 0.327 e. The van der Waals surface area contributed by atoms with Gasteiger partial charge in [-0.25, -0.2) is 14.5 Å². The molecule has 3 aromatic heterocycles. The standard InChI is InChI=1S/C15H15BrN6/c1-9-7-17-10(2)15-19-13(20-22(9)15)5-6-14-18-12(16)8-21(14)11-3-4-11/h5-8,11H,3-4H2,1-2H3. The van der Waals surface area contributed by atoms with Gasteiger partial charge in [0.2, 0.25) is 0 Å². The summed E-state index contributed by atoms with van der Waals surface area (Å²) in [5, 5.41) is 4.52. The third kappa shape index (κ3) is 2.35. The van der Waals surface area contributed by atoms with E-state index in [0.29, 0.717) is 11.9 Å². The first-order valence-corrected chi connectivity index (χ1v) is 8.02. The number of hydrogen-bond donors (Lipinski definition) is 0. The van der Waals surface area contributed by atoms with Crippen LogP contribution >= 0.6 is 15.9 Å². The van der Waals surface area contributed by atoms with Crippen LogP contribution in [0, 0.1) is 13.8 Å². The van der Waals surface area contributed by atoms with Crippen molar-refractivity contribution in [1.82, 2.24) is 29.1 Å². The maximum absolute atomic E-state index is 4.54. The summed E-state index contributed by atoms with van der Waals surface area (Å²) in [7, 11) is 0. The predicted octanol–water partition coefficient (Wildman–Crippen LogP) is 3.21. The number of rotatable bonds is 3. The van der Waals surface area contributed by atoms with E-state index >= 15 is 0 Å². The molecule has 3 heterocycles. The monoisotopic (exact) mass is 358 g/mol. The molecular weight excluding hydrogens is 344 g/mol. The lowest BCUT2D eigenvalue weighted by atomic mass is 10.4. The molecule has 112 valence electrons. The Bertz CT molecular complexity index is 848. The maximum Gasteiger partial charge on any atom is 0.177 e. The van der Waals surface area contributed by atoms with E-state index in [1.807, 2.05) is 36.7 Å². The van der Waals surface area contributed by atoms with Gasteiger partial charge in [-0.3, -0.25) is 4.98 Å². The third-order valence-electron chi connectivity index (χ3n) is 3.78. The Morgan fingerprint density at radius 3 is 2.77 bits per heavy atom. The zero-order valence-corrected chi connectivity index (χ0v) is 13.9. The number of aryl methyl sites for hydroxylation is 2. The van der Waals surface area contributed by atoms with Crippen LogP contribution in [-0.2, 0) is 0 Å². The van der Waals surface area contributed by atoms with Gasteiger partial charge in [-0.1, -0.05) is 0 Å². The van der Waals surface area contributed by atoms with E-state index in [9.17, 15) is 0 Å². The average Bonchev–Trinajstić information content (AvgIpc) is 3.12. The van der Waals surface area contributed by atoms with Crippen LogP contribution in [0.2, 0.25) is 0 Å². The van der Waals surface area contributed by atoms with Gasteiger partial charge in [0.15, 0.2) is 11.5 Å². The minimum Gasteiger partial charge on any atom is -0.327 e. The fourth-order valence-corrected chi connectivity index (χ4v) is 2.88. The molecule has 0 saturated heterocycles. The summed E-state index contributed by atoms with van der Waals surface area (Å²) >= 11 is 3.44. The molecule has 4 rings (SSSR count). The minimum atomic E-state index is 0.584. The highest BCUT2D eigenvalue weighted by molar-refractivity contribution is 9.10. The predicted molar refractivity (Wildman–Crippen MR) is 87.4 cm³/mol. The van der Waals surface area contributed by atoms with Crippen molar-refractivity contribution in [1.29, 1.82) is 0 Å². The molecule has 7 heteroatoms. The molecule has 0 amide bonds. The zero-order chi connectivity index (χ0) is 15.3. The molecule has 0 radical (unpaired) electrons. The van der Waals surface area contributed by atoms with E-state index in [0.717, 1.165) is 27.5 Å². The molecule has 3 aromatic rings. The van der Waals surface area contributed by atoms with Gasteiger partial charge < -0.3 is 4.57 Å². The van der Waals surface area contributed by atoms with Gasteiger partial charge in [0.05, 0.1) is 11.4 Å². The first-order valence-electron chi connectivity index (χ1n) is 7.23. The van der Waals surface area contributed by atoms with Crippen molar-refractivity contribution >= 4 is 33.7 Å². The average molecular weight is 359 g/mol. The Morgan fingerprint density at radius 1 is 1.23 bits per heavy atom. The first kappa shape index (κ1) is 13.6. The van der Waals surface area contributed by atoms with Crippen molar-refractivity contribution in [2.75, 3.05) is 0 Å². The molecule has 0 aliphatic heterocycles. The Kier molecular flexibility index (Phi) is 3.11. The molecule has 0 aromatic carbocycles. The van der Waals surface area contributed by atoms with Crippen molar-refractivity contribution in [3.63, 3.8) is 0 Å². The lowest BCUT2D eigenvalue weighted by Crippen LogP contribution is -1.97. The number of fused-ring (bicyclic) bond motifs is 1. The van der Waals surface area contributed by atoms with Crippen LogP contribution in [0.25, 0.3) is 17.8 Å². The second-order valence-corrected chi connectivity index (χ2v) is 6.40. The van der Waals surface area contributed by atoms with Crippen molar-refractivity contribution in [3.05, 3.63) is 40.0 Å². The van der Waals surface area contributed by atoms with Gasteiger partial charge in [0.1, 0.15) is 10.4 Å². The van der Waals surface area contributed by atoms with Gasteiger partial charge in [-0.15, -0.1) is 5.10 Å². The first-order chi connectivity index (χ1) is 10.6. The SMILES string of the molecule is Cc1ncc(C)n2nc(C=Cc3nc(Br)cn3C3CC3)nc12. The lowest BCUT2D eigenvalue weighted by Gasteiger charge is -1.99. The van der Waals surface area contributed by atoms with Crippen LogP contribution in [0.5, 0.6) is 0 Å². The quantitative estimate of drug-likeness (QED) is 0.721. The van der Waals surface area contributed by atoms with Crippen molar-refractivity contribution in [3.8, 4) is 0 Å². The van der Waals surface area contributed by atoms with Crippen molar-refractivity contribution < 1.29 is 0 Å². The summed E-state index contributed by atoms with van der Waals surface area (Å²) < 4.78 is 4.89. The second-order valence-electron chi connectivity index (χ2n) is 5.58. The lowest BCUT2D eigenvalue weighted by molar-refractivity contribution is 0.732. The molecule has 6 nitrogen and oxygen atoms in total. The Labute approximate surface area is 136 Å². The summed E-state index contributed by atoms with van der Waals surface area (Å²) in [4.78, 5) is 13.4. The number of aromatic nitrogens is 6. The highest BCUT2D eigenvalue weighted by Gasteiger charge is 2.25. The number of nitrogens with zero attached hydrogens (tertiary/aromatic N) is 6. The van der Waals surface area contributed by atoms with Crippen LogP contribution in [0.3, 0.4) is 0 Å². The third-order valence-corrected chi connectivity index (χ3v) is 4.16. The Balaban J connectivity index is 1.71. The molecular formula is C15H15BrN6. The van der Waals surface area contributed by atoms with Crippen LogP contribution in [0.1, 0.15) is 41.9 Å². The summed E-state index contributed by atoms with van der Waals surface area (Å²) in [6, 6.07) is 0.584. The summed E-state index contributed by atoms with van der Waals surface area (Å²) in [6.45, 7) is 3.91. The molecule has 1 saturated carbocycles. The molecule has 0 spiro atoms. The normalized spacial score (nSPS) is 15.2. The van der Waals surface area contributed by atoms with E-state index in [1.165, 1.54) is 12.8 Å². The second kappa shape index (κ2) is 5.01. The highest BCUT2D eigenvalue weighted by Crippen LogP contribution is 2.36. The number of halogens is 1. The minimum absolute atomic E-state index is 0.584. The fraction of sp³-hybridized carbons (Fsp3) is 0.333. The number of imidazole rings is 1. The molecule has 1 aliphatic rings. The van der Waals surface area contributed by atoms with Crippen LogP contribution in [0.15, 0.2) is 17.0 Å². The topological polar surface area (TPSA) is 60.9 Å². The highest BCUT2D eigenvalue weighted by atomic mass is 79.9. The summed E-state index contributed by atoms with van der Waals surface area (Å²) in [6.07, 6.45) is 10.2. The van der Waals surface area contributed by atoms with E-state index in [-0.39, 0.29) is 0 Å². The van der Waals surface area contributed by atoms with E-state index in [4.69, 9.17) is 0 Å². The van der Waals surface area contributed by atoms with E-state index in [2.05, 4.69) is 40.5 Å². The van der Waals surface area contributed by atoms with E-state index < -0.39 is 0 Å². The summed E-state index contributed by atoms with van der Waals surface area (Å²) in [5.41, 5.74) is 2.64. The molecule has 0 bridgehead atoms. The van der Waals surface area contributed by atoms with Gasteiger partial charge in [-0.2, -0.15) is 0 Å². The van der Waals surface area contributed by atoms with Crippen molar-refractivity contribution in [2.24, 2.45) is 0 Å². The molecule has 1 aliphatic carbocycles. The van der Waals surface area contributed by atoms with Gasteiger partial charge >= 0.3 is 0 Å². The Hall–Kier alpha value is -2.02. The fourth-order valence-electron chi connectivity index (χ4n) is 2.48. The molecule has 22 heavy (non-hydrogen) atoms. The van der Waals surface area contributed by atoms with Crippen LogP contribution < -0.4 is 0 Å². The van der Waals surface area contributed by atoms with Gasteiger partial charge in [0, 0.05) is 18.4 Å². The number of hydrogen-bond acceptors (Lipinski definition) is 4. The Morgan fingerprint density at radius 2 is 2.05 bits per heavy atom. The van der Waals surface area contributed by atoms with Gasteiger partial charge in [-0.05, 0) is 54.8 Å². The van der Waals surface area contributed by atoms with E-state index in [1.54, 1.807) is 6.20 Å². The molecule has 1 fully saturated rings. The molecule has 0 unspecified atom stereocenters. The smallest absolute Gasteiger partial charge is 0.177 e. The molecule has 0 atom stereocenters. The van der Waals surface area contributed by atoms with Gasteiger partial charge in [0.25, 0.3) is 0 Å². The zero-order valence-electron chi connectivity index (χ0n) is 12.4. The van der Waals surface area contributed by atoms with Crippen LogP contribution in [-0.4, -0.2) is 29.1 Å². The van der Waals surface area contributed by atoms with Crippen molar-refractivity contribution in [2.45, 2.75) is 32.7 Å². The van der Waals surface area contributed by atoms with Crippen LogP contribution in [0.4, 0.5) is 0 Å².